The molecule has 0 bridgehead atoms. The zero-order valence-corrected chi connectivity index (χ0v) is 34.3. The van der Waals surface area contributed by atoms with Gasteiger partial charge in [0.15, 0.2) is 0 Å². The van der Waals surface area contributed by atoms with Crippen LogP contribution in [0.4, 0.5) is 0 Å². The molecule has 59 heavy (non-hydrogen) atoms. The Kier molecular flexibility index (Phi) is 14.9. The monoisotopic (exact) mass is 818 g/mol. The van der Waals surface area contributed by atoms with Gasteiger partial charge in [0, 0.05) is 54.9 Å². The molecule has 2 aliphatic rings. The molecule has 5 rings (SSSR count). The average Bonchev–Trinajstić information content (AvgIpc) is 4.05. The quantitative estimate of drug-likeness (QED) is 0.0892. The number of nitrogens with zero attached hydrogens (tertiary/aromatic N) is 3. The predicted octanol–water partition coefficient (Wildman–Crippen LogP) is 0.731. The first-order valence-corrected chi connectivity index (χ1v) is 20.4. The molecule has 2 saturated heterocycles. The van der Waals surface area contributed by atoms with Gasteiger partial charge in [-0.15, -0.1) is 0 Å². The van der Waals surface area contributed by atoms with Crippen molar-refractivity contribution in [2.45, 2.75) is 122 Å². The van der Waals surface area contributed by atoms with E-state index in [0.717, 1.165) is 16.5 Å². The van der Waals surface area contributed by atoms with Crippen molar-refractivity contribution < 1.29 is 38.7 Å². The largest absolute Gasteiger partial charge is 0.480 e. The minimum atomic E-state index is -1.18. The first kappa shape index (κ1) is 44.3. The minimum absolute atomic E-state index is 0.0578. The number of fused-ring (bicyclic) bond motifs is 1. The Balaban J connectivity index is 1.31. The summed E-state index contributed by atoms with van der Waals surface area (Å²) in [6.45, 7) is 9.04. The molecule has 320 valence electrons. The normalized spacial score (nSPS) is 19.7. The number of aromatic amines is 2. The van der Waals surface area contributed by atoms with Gasteiger partial charge in [-0.2, -0.15) is 0 Å². The zero-order chi connectivity index (χ0) is 43.0. The number of imidazole rings is 1. The number of aliphatic carboxylic acids is 1. The van der Waals surface area contributed by atoms with Gasteiger partial charge in [-0.05, 0) is 56.1 Å². The van der Waals surface area contributed by atoms with Crippen LogP contribution in [0, 0.1) is 11.8 Å². The van der Waals surface area contributed by atoms with Gasteiger partial charge < -0.3 is 51.9 Å². The lowest BCUT2D eigenvalue weighted by atomic mass is 9.99. The number of carbonyl (C=O) groups is 7. The molecule has 1 aromatic carbocycles. The molecule has 9 N–H and O–H groups in total. The van der Waals surface area contributed by atoms with Crippen molar-refractivity contribution in [1.82, 2.24) is 46.0 Å². The highest BCUT2D eigenvalue weighted by Crippen LogP contribution is 2.24. The summed E-state index contributed by atoms with van der Waals surface area (Å²) in [6.07, 6.45) is 7.38. The summed E-state index contributed by atoms with van der Waals surface area (Å²) >= 11 is 0. The Morgan fingerprint density at radius 3 is 2.08 bits per heavy atom. The van der Waals surface area contributed by atoms with E-state index in [-0.39, 0.29) is 31.2 Å². The molecule has 0 spiro atoms. The first-order valence-electron chi connectivity index (χ1n) is 20.4. The molecule has 6 amide bonds. The minimum Gasteiger partial charge on any atom is -0.480 e. The molecule has 0 unspecified atom stereocenters. The highest BCUT2D eigenvalue weighted by Gasteiger charge is 2.42. The lowest BCUT2D eigenvalue weighted by Crippen LogP contribution is -2.60. The number of rotatable bonds is 18. The molecular weight excluding hydrogens is 761 g/mol. The van der Waals surface area contributed by atoms with E-state index in [4.69, 9.17) is 5.73 Å². The predicted molar refractivity (Wildman–Crippen MR) is 217 cm³/mol. The maximum absolute atomic E-state index is 14.6. The molecule has 8 atom stereocenters. The molecular formula is C41H58N10O8. The first-order chi connectivity index (χ1) is 28.1. The summed E-state index contributed by atoms with van der Waals surface area (Å²) in [5, 5.41) is 21.4. The molecule has 4 heterocycles. The summed E-state index contributed by atoms with van der Waals surface area (Å²) < 4.78 is 0. The number of nitrogens with two attached hydrogens (primary N) is 1. The average molecular weight is 819 g/mol. The van der Waals surface area contributed by atoms with Crippen LogP contribution in [-0.4, -0.2) is 127 Å². The Labute approximate surface area is 343 Å². The fourth-order valence-electron chi connectivity index (χ4n) is 7.84. The van der Waals surface area contributed by atoms with Gasteiger partial charge in [-0.3, -0.25) is 28.8 Å². The Morgan fingerprint density at radius 1 is 0.831 bits per heavy atom. The number of benzene rings is 1. The number of carbonyl (C=O) groups excluding carboxylic acids is 6. The number of hydrogen-bond acceptors (Lipinski definition) is 9. The number of carboxylic acids is 1. The van der Waals surface area contributed by atoms with Gasteiger partial charge in [-0.25, -0.2) is 9.78 Å². The third-order valence-corrected chi connectivity index (χ3v) is 11.5. The van der Waals surface area contributed by atoms with Crippen molar-refractivity contribution in [2.24, 2.45) is 17.6 Å². The van der Waals surface area contributed by atoms with Crippen molar-refractivity contribution in [2.75, 3.05) is 13.1 Å². The summed E-state index contributed by atoms with van der Waals surface area (Å²) in [6, 6.07) is 0.330. The van der Waals surface area contributed by atoms with Crippen LogP contribution in [-0.2, 0) is 46.4 Å². The zero-order valence-electron chi connectivity index (χ0n) is 34.3. The topological polar surface area (TPSA) is 265 Å². The van der Waals surface area contributed by atoms with E-state index >= 15 is 0 Å². The van der Waals surface area contributed by atoms with Crippen molar-refractivity contribution in [3.05, 3.63) is 54.2 Å². The van der Waals surface area contributed by atoms with Crippen molar-refractivity contribution in [3.63, 3.8) is 0 Å². The molecule has 2 aliphatic heterocycles. The Hall–Kier alpha value is -5.78. The van der Waals surface area contributed by atoms with Gasteiger partial charge in [0.25, 0.3) is 0 Å². The van der Waals surface area contributed by atoms with Crippen LogP contribution in [0.25, 0.3) is 10.9 Å². The number of H-pyrrole nitrogens is 2. The summed E-state index contributed by atoms with van der Waals surface area (Å²) in [5.41, 5.74) is 8.51. The van der Waals surface area contributed by atoms with E-state index in [9.17, 15) is 38.7 Å². The standard InChI is InChI=1S/C41H58N10O8/c1-6-23(4)34(41(58)59)49-35(52)24(5)46-36(53)31-13-10-16-51(31)40(57)30(17-25-19-44-29-12-8-7-11-27(25)29)47-38(55)33(22(2)3)48-37(54)32-14-9-15-50(32)39(56)28(42)18-26-20-43-21-45-26/h7-8,11-12,19-24,28,30-34,44H,6,9-10,13-18,42H2,1-5H3,(H,43,45)(H,46,53)(H,47,55)(H,48,54)(H,49,52)(H,58,59)/t23-,24-,28-,30-,31-,32-,33-,34-/m0/s1. The van der Waals surface area contributed by atoms with Gasteiger partial charge in [0.1, 0.15) is 36.3 Å². The lowest BCUT2D eigenvalue weighted by molar-refractivity contribution is -0.144. The van der Waals surface area contributed by atoms with Gasteiger partial charge >= 0.3 is 5.97 Å². The number of aromatic nitrogens is 3. The summed E-state index contributed by atoms with van der Waals surface area (Å²) in [4.78, 5) is 107. The van der Waals surface area contributed by atoms with Crippen LogP contribution in [0.2, 0.25) is 0 Å². The SMILES string of the molecule is CC[C@H](C)[C@H](NC(=O)[C@H](C)NC(=O)[C@@H]1CCCN1C(=O)[C@H](Cc1c[nH]c2ccccc12)NC(=O)[C@@H](NC(=O)[C@@H]1CCCN1C(=O)[C@@H](N)Cc1cnc[nH]1)C(C)C)C(=O)O. The molecule has 2 fully saturated rings. The van der Waals surface area contributed by atoms with E-state index in [1.165, 1.54) is 23.1 Å². The highest BCUT2D eigenvalue weighted by molar-refractivity contribution is 5.98. The van der Waals surface area contributed by atoms with Crippen molar-refractivity contribution in [3.8, 4) is 0 Å². The van der Waals surface area contributed by atoms with E-state index < -0.39 is 83.7 Å². The molecule has 0 saturated carbocycles. The smallest absolute Gasteiger partial charge is 0.326 e. The second-order valence-electron chi connectivity index (χ2n) is 16.1. The number of carboxylic acid groups (broad SMARTS) is 1. The summed E-state index contributed by atoms with van der Waals surface area (Å²) in [7, 11) is 0. The van der Waals surface area contributed by atoms with Crippen LogP contribution >= 0.6 is 0 Å². The molecule has 0 aliphatic carbocycles. The van der Waals surface area contributed by atoms with E-state index in [1.807, 2.05) is 31.2 Å². The fourth-order valence-corrected chi connectivity index (χ4v) is 7.84. The number of para-hydroxylation sites is 1. The van der Waals surface area contributed by atoms with Gasteiger partial charge in [0.2, 0.25) is 35.4 Å². The van der Waals surface area contributed by atoms with E-state index in [1.54, 1.807) is 33.2 Å². The van der Waals surface area contributed by atoms with E-state index in [2.05, 4.69) is 36.2 Å². The van der Waals surface area contributed by atoms with Crippen LogP contribution < -0.4 is 27.0 Å². The second-order valence-corrected chi connectivity index (χ2v) is 16.1. The molecule has 2 aromatic heterocycles. The fraction of sp³-hybridized carbons (Fsp3) is 0.561. The Morgan fingerprint density at radius 2 is 1.47 bits per heavy atom. The number of hydrogen-bond donors (Lipinski definition) is 8. The third kappa shape index (κ3) is 10.6. The van der Waals surface area contributed by atoms with Crippen LogP contribution in [0.15, 0.2) is 43.0 Å². The second kappa shape index (κ2) is 19.8. The van der Waals surface area contributed by atoms with Crippen molar-refractivity contribution >= 4 is 52.3 Å². The summed E-state index contributed by atoms with van der Waals surface area (Å²) in [5.74, 6) is -5.23. The molecule has 18 nitrogen and oxygen atoms in total. The molecule has 3 aromatic rings. The molecule has 0 radical (unpaired) electrons. The van der Waals surface area contributed by atoms with Crippen LogP contribution in [0.5, 0.6) is 0 Å². The maximum atomic E-state index is 14.6. The van der Waals surface area contributed by atoms with E-state index in [0.29, 0.717) is 44.3 Å². The lowest BCUT2D eigenvalue weighted by Gasteiger charge is -2.32. The third-order valence-electron chi connectivity index (χ3n) is 11.5. The molecule has 18 heteroatoms. The van der Waals surface area contributed by atoms with Crippen molar-refractivity contribution in [1.29, 1.82) is 0 Å². The van der Waals surface area contributed by atoms with Crippen LogP contribution in [0.3, 0.4) is 0 Å². The van der Waals surface area contributed by atoms with Crippen LogP contribution in [0.1, 0.15) is 78.0 Å². The number of nitrogens with one attached hydrogen (secondary N) is 6. The van der Waals surface area contributed by atoms with Gasteiger partial charge in [0.05, 0.1) is 12.4 Å². The Bertz CT molecular complexity index is 1980. The van der Waals surface area contributed by atoms with Gasteiger partial charge in [-0.1, -0.05) is 52.3 Å². The number of likely N-dealkylation sites (tertiary alicyclic amines) is 2. The highest BCUT2D eigenvalue weighted by atomic mass is 16.4. The maximum Gasteiger partial charge on any atom is 0.326 e. The number of amides is 6.